The van der Waals surface area contributed by atoms with Crippen LogP contribution in [0.25, 0.3) is 0 Å². The average Bonchev–Trinajstić information content (AvgIpc) is 2.99. The standard InChI is InChI=1S/C22H27NO2/c1-22(2,3)18-11-9-17(10-12-18)19-14-23(15-20(19)21(24)25)13-16-7-5-4-6-8-16/h4-12,19-20H,13-15H2,1-3H3,(H,24,25). The van der Waals surface area contributed by atoms with Gasteiger partial charge in [-0.25, -0.2) is 0 Å². The van der Waals surface area contributed by atoms with Crippen LogP contribution in [0, 0.1) is 5.92 Å². The van der Waals surface area contributed by atoms with Gasteiger partial charge in [0.15, 0.2) is 0 Å². The highest BCUT2D eigenvalue weighted by molar-refractivity contribution is 5.72. The topological polar surface area (TPSA) is 40.5 Å². The third-order valence-corrected chi connectivity index (χ3v) is 5.17. The summed E-state index contributed by atoms with van der Waals surface area (Å²) in [4.78, 5) is 14.0. The first-order chi connectivity index (χ1) is 11.8. The van der Waals surface area contributed by atoms with Crippen molar-refractivity contribution in [3.8, 4) is 0 Å². The Morgan fingerprint density at radius 2 is 1.68 bits per heavy atom. The van der Waals surface area contributed by atoms with E-state index in [9.17, 15) is 9.90 Å². The molecule has 1 fully saturated rings. The average molecular weight is 337 g/mol. The molecule has 3 rings (SSSR count). The molecule has 1 saturated heterocycles. The summed E-state index contributed by atoms with van der Waals surface area (Å²) < 4.78 is 0. The van der Waals surface area contributed by atoms with Gasteiger partial charge in [0.05, 0.1) is 5.92 Å². The van der Waals surface area contributed by atoms with E-state index in [0.717, 1.165) is 18.7 Å². The van der Waals surface area contributed by atoms with Crippen molar-refractivity contribution in [2.24, 2.45) is 5.92 Å². The van der Waals surface area contributed by atoms with Crippen LogP contribution in [0.5, 0.6) is 0 Å². The zero-order chi connectivity index (χ0) is 18.0. The minimum atomic E-state index is -0.694. The Labute approximate surface area is 150 Å². The van der Waals surface area contributed by atoms with E-state index in [4.69, 9.17) is 0 Å². The van der Waals surface area contributed by atoms with Crippen molar-refractivity contribution in [1.82, 2.24) is 4.90 Å². The van der Waals surface area contributed by atoms with Gasteiger partial charge in [0.2, 0.25) is 0 Å². The monoisotopic (exact) mass is 337 g/mol. The number of nitrogens with zero attached hydrogens (tertiary/aromatic N) is 1. The molecule has 1 N–H and O–H groups in total. The molecule has 0 radical (unpaired) electrons. The number of hydrogen-bond acceptors (Lipinski definition) is 2. The van der Waals surface area contributed by atoms with Crippen LogP contribution in [0.4, 0.5) is 0 Å². The lowest BCUT2D eigenvalue weighted by molar-refractivity contribution is -0.141. The largest absolute Gasteiger partial charge is 0.481 e. The Balaban J connectivity index is 1.78. The summed E-state index contributed by atoms with van der Waals surface area (Å²) in [5, 5.41) is 9.69. The molecule has 0 spiro atoms. The normalized spacial score (nSPS) is 21.4. The van der Waals surface area contributed by atoms with Crippen molar-refractivity contribution in [3.05, 3.63) is 71.3 Å². The third-order valence-electron chi connectivity index (χ3n) is 5.17. The second-order valence-corrected chi connectivity index (χ2v) is 8.10. The minimum Gasteiger partial charge on any atom is -0.481 e. The fourth-order valence-electron chi connectivity index (χ4n) is 3.67. The molecule has 1 aliphatic heterocycles. The van der Waals surface area contributed by atoms with Crippen LogP contribution in [0.1, 0.15) is 43.4 Å². The fourth-order valence-corrected chi connectivity index (χ4v) is 3.67. The van der Waals surface area contributed by atoms with Crippen LogP contribution >= 0.6 is 0 Å². The number of aliphatic carboxylic acids is 1. The molecule has 3 heteroatoms. The molecule has 1 aliphatic rings. The van der Waals surface area contributed by atoms with Gasteiger partial charge in [-0.05, 0) is 22.1 Å². The Morgan fingerprint density at radius 1 is 1.04 bits per heavy atom. The first-order valence-corrected chi connectivity index (χ1v) is 8.94. The quantitative estimate of drug-likeness (QED) is 0.905. The van der Waals surface area contributed by atoms with E-state index < -0.39 is 5.97 Å². The van der Waals surface area contributed by atoms with Crippen LogP contribution in [0.2, 0.25) is 0 Å². The Hall–Kier alpha value is -2.13. The van der Waals surface area contributed by atoms with Crippen molar-refractivity contribution in [1.29, 1.82) is 0 Å². The maximum Gasteiger partial charge on any atom is 0.308 e. The van der Waals surface area contributed by atoms with E-state index in [0.29, 0.717) is 6.54 Å². The van der Waals surface area contributed by atoms with Crippen molar-refractivity contribution in [2.75, 3.05) is 13.1 Å². The van der Waals surface area contributed by atoms with E-state index in [-0.39, 0.29) is 17.3 Å². The fraction of sp³-hybridized carbons (Fsp3) is 0.409. The molecule has 0 saturated carbocycles. The van der Waals surface area contributed by atoms with Crippen LogP contribution in [0.3, 0.4) is 0 Å². The predicted octanol–water partition coefficient (Wildman–Crippen LogP) is 4.28. The van der Waals surface area contributed by atoms with Crippen LogP contribution in [-0.4, -0.2) is 29.1 Å². The molecular weight excluding hydrogens is 310 g/mol. The van der Waals surface area contributed by atoms with Gasteiger partial charge in [0, 0.05) is 25.6 Å². The van der Waals surface area contributed by atoms with Gasteiger partial charge in [-0.1, -0.05) is 75.4 Å². The first kappa shape index (κ1) is 17.7. The minimum absolute atomic E-state index is 0.0511. The highest BCUT2D eigenvalue weighted by atomic mass is 16.4. The van der Waals surface area contributed by atoms with Gasteiger partial charge >= 0.3 is 5.97 Å². The molecular formula is C22H27NO2. The summed E-state index contributed by atoms with van der Waals surface area (Å²) in [7, 11) is 0. The highest BCUT2D eigenvalue weighted by Crippen LogP contribution is 2.35. The summed E-state index contributed by atoms with van der Waals surface area (Å²) in [6.07, 6.45) is 0. The van der Waals surface area contributed by atoms with Crippen LogP contribution < -0.4 is 0 Å². The highest BCUT2D eigenvalue weighted by Gasteiger charge is 2.38. The van der Waals surface area contributed by atoms with Crippen molar-refractivity contribution >= 4 is 5.97 Å². The molecule has 2 unspecified atom stereocenters. The Kier molecular flexibility index (Phi) is 4.96. The van der Waals surface area contributed by atoms with E-state index in [1.54, 1.807) is 0 Å². The Bertz CT molecular complexity index is 716. The molecule has 0 aliphatic carbocycles. The first-order valence-electron chi connectivity index (χ1n) is 8.94. The molecule has 0 amide bonds. The smallest absolute Gasteiger partial charge is 0.308 e. The molecule has 3 nitrogen and oxygen atoms in total. The van der Waals surface area contributed by atoms with Crippen LogP contribution in [-0.2, 0) is 16.8 Å². The molecule has 2 atom stereocenters. The van der Waals surface area contributed by atoms with E-state index >= 15 is 0 Å². The Morgan fingerprint density at radius 3 is 2.24 bits per heavy atom. The molecule has 2 aromatic rings. The van der Waals surface area contributed by atoms with E-state index in [2.05, 4.69) is 62.1 Å². The molecule has 0 aromatic heterocycles. The summed E-state index contributed by atoms with van der Waals surface area (Å²) in [5.41, 5.74) is 3.76. The lowest BCUT2D eigenvalue weighted by atomic mass is 9.83. The second-order valence-electron chi connectivity index (χ2n) is 8.10. The summed E-state index contributed by atoms with van der Waals surface area (Å²) in [5.74, 6) is -0.986. The van der Waals surface area contributed by atoms with Gasteiger partial charge in [0.25, 0.3) is 0 Å². The second kappa shape index (κ2) is 7.01. The van der Waals surface area contributed by atoms with E-state index in [1.807, 2.05) is 18.2 Å². The van der Waals surface area contributed by atoms with Gasteiger partial charge < -0.3 is 5.11 Å². The van der Waals surface area contributed by atoms with Crippen molar-refractivity contribution < 1.29 is 9.90 Å². The number of likely N-dealkylation sites (tertiary alicyclic amines) is 1. The molecule has 1 heterocycles. The maximum atomic E-state index is 11.8. The number of carbonyl (C=O) groups is 1. The van der Waals surface area contributed by atoms with Crippen LogP contribution in [0.15, 0.2) is 54.6 Å². The lowest BCUT2D eigenvalue weighted by Crippen LogP contribution is -2.23. The molecule has 0 bridgehead atoms. The SMILES string of the molecule is CC(C)(C)c1ccc(C2CN(Cc3ccccc3)CC2C(=O)O)cc1. The third kappa shape index (κ3) is 4.10. The molecule has 2 aromatic carbocycles. The van der Waals surface area contributed by atoms with Crippen molar-refractivity contribution in [3.63, 3.8) is 0 Å². The number of benzene rings is 2. The predicted molar refractivity (Wildman–Crippen MR) is 101 cm³/mol. The number of carboxylic acids is 1. The van der Waals surface area contributed by atoms with E-state index in [1.165, 1.54) is 11.1 Å². The van der Waals surface area contributed by atoms with Gasteiger partial charge in [-0.3, -0.25) is 9.69 Å². The molecule has 132 valence electrons. The lowest BCUT2D eigenvalue weighted by Gasteiger charge is -2.21. The number of carboxylic acid groups (broad SMARTS) is 1. The summed E-state index contributed by atoms with van der Waals surface area (Å²) in [6.45, 7) is 8.79. The summed E-state index contributed by atoms with van der Waals surface area (Å²) >= 11 is 0. The maximum absolute atomic E-state index is 11.8. The zero-order valence-electron chi connectivity index (χ0n) is 15.3. The zero-order valence-corrected chi connectivity index (χ0v) is 15.3. The van der Waals surface area contributed by atoms with Gasteiger partial charge in [-0.15, -0.1) is 0 Å². The number of hydrogen-bond donors (Lipinski definition) is 1. The summed E-state index contributed by atoms with van der Waals surface area (Å²) in [6, 6.07) is 18.8. The van der Waals surface area contributed by atoms with Gasteiger partial charge in [0.1, 0.15) is 0 Å². The number of rotatable bonds is 4. The van der Waals surface area contributed by atoms with Crippen molar-refractivity contribution in [2.45, 2.75) is 38.6 Å². The van der Waals surface area contributed by atoms with Gasteiger partial charge in [-0.2, -0.15) is 0 Å². The molecule has 25 heavy (non-hydrogen) atoms.